The Bertz CT molecular complexity index is 1210. The Morgan fingerprint density at radius 2 is 2.06 bits per heavy atom. The molecule has 0 saturated carbocycles. The Labute approximate surface area is 177 Å². The highest BCUT2D eigenvalue weighted by Crippen LogP contribution is 2.31. The maximum absolute atomic E-state index is 12.6. The lowest BCUT2D eigenvalue weighted by Gasteiger charge is -2.38. The van der Waals surface area contributed by atoms with E-state index in [2.05, 4.69) is 25.2 Å². The molecule has 1 fully saturated rings. The summed E-state index contributed by atoms with van der Waals surface area (Å²) < 4.78 is 13.2. The zero-order valence-corrected chi connectivity index (χ0v) is 17.0. The number of likely N-dealkylation sites (tertiary alicyclic amines) is 1. The molecule has 1 aliphatic heterocycles. The van der Waals surface area contributed by atoms with Crippen molar-refractivity contribution in [2.75, 3.05) is 13.1 Å². The van der Waals surface area contributed by atoms with Crippen LogP contribution in [0.15, 0.2) is 53.4 Å². The van der Waals surface area contributed by atoms with Gasteiger partial charge in [-0.2, -0.15) is 10.1 Å². The van der Waals surface area contributed by atoms with Crippen LogP contribution in [-0.2, 0) is 7.05 Å². The number of nitrogens with zero attached hydrogens (tertiary/aromatic N) is 7. The molecule has 4 heterocycles. The Balaban J connectivity index is 1.28. The van der Waals surface area contributed by atoms with E-state index in [9.17, 15) is 4.79 Å². The normalized spacial score (nSPS) is 13.8. The van der Waals surface area contributed by atoms with Gasteiger partial charge in [-0.05, 0) is 25.1 Å². The van der Waals surface area contributed by atoms with Crippen LogP contribution in [0.3, 0.4) is 0 Å². The SMILES string of the molecule is Cc1cc(C(=O)N2CC(Oc3ccccc3-c3nc(-c4cnccn4)no3)C2)nn1C. The van der Waals surface area contributed by atoms with Crippen molar-refractivity contribution < 1.29 is 14.1 Å². The zero-order chi connectivity index (χ0) is 21.4. The van der Waals surface area contributed by atoms with E-state index in [0.29, 0.717) is 47.5 Å². The van der Waals surface area contributed by atoms with Crippen molar-refractivity contribution in [2.24, 2.45) is 7.05 Å². The highest BCUT2D eigenvalue weighted by Gasteiger charge is 2.34. The first-order valence-electron chi connectivity index (χ1n) is 9.74. The van der Waals surface area contributed by atoms with Crippen LogP contribution in [0.1, 0.15) is 16.2 Å². The number of hydrogen-bond acceptors (Lipinski definition) is 8. The molecule has 0 aliphatic carbocycles. The first-order chi connectivity index (χ1) is 15.1. The van der Waals surface area contributed by atoms with Crippen LogP contribution in [-0.4, -0.2) is 59.9 Å². The molecule has 1 saturated heterocycles. The summed E-state index contributed by atoms with van der Waals surface area (Å²) >= 11 is 0. The van der Waals surface area contributed by atoms with Crippen molar-refractivity contribution in [2.45, 2.75) is 13.0 Å². The van der Waals surface area contributed by atoms with Gasteiger partial charge >= 0.3 is 0 Å². The molecule has 0 unspecified atom stereocenters. The van der Waals surface area contributed by atoms with Gasteiger partial charge in [-0.15, -0.1) is 0 Å². The summed E-state index contributed by atoms with van der Waals surface area (Å²) in [7, 11) is 1.82. The number of aromatic nitrogens is 6. The van der Waals surface area contributed by atoms with Crippen LogP contribution < -0.4 is 4.74 Å². The molecule has 156 valence electrons. The number of para-hydroxylation sites is 1. The third-order valence-corrected chi connectivity index (χ3v) is 5.10. The number of rotatable bonds is 5. The first kappa shape index (κ1) is 18.9. The molecule has 31 heavy (non-hydrogen) atoms. The number of amides is 1. The minimum absolute atomic E-state index is 0.0950. The fourth-order valence-corrected chi connectivity index (χ4v) is 3.28. The van der Waals surface area contributed by atoms with Crippen LogP contribution in [0.5, 0.6) is 5.75 Å². The van der Waals surface area contributed by atoms with E-state index in [1.807, 2.05) is 38.2 Å². The second-order valence-electron chi connectivity index (χ2n) is 7.25. The molecule has 5 rings (SSSR count). The number of carbonyl (C=O) groups excluding carboxylic acids is 1. The lowest BCUT2D eigenvalue weighted by atomic mass is 10.1. The van der Waals surface area contributed by atoms with E-state index in [1.54, 1.807) is 34.2 Å². The van der Waals surface area contributed by atoms with Crippen molar-refractivity contribution in [3.63, 3.8) is 0 Å². The number of hydrogen-bond donors (Lipinski definition) is 0. The third kappa shape index (κ3) is 3.63. The molecule has 1 amide bonds. The molecule has 1 aliphatic rings. The van der Waals surface area contributed by atoms with Gasteiger partial charge in [0.05, 0.1) is 24.8 Å². The number of aryl methyl sites for hydroxylation is 2. The minimum Gasteiger partial charge on any atom is -0.486 e. The largest absolute Gasteiger partial charge is 0.486 e. The number of carbonyl (C=O) groups is 1. The summed E-state index contributed by atoms with van der Waals surface area (Å²) in [5, 5.41) is 8.24. The predicted molar refractivity (Wildman–Crippen MR) is 109 cm³/mol. The van der Waals surface area contributed by atoms with Crippen LogP contribution in [0.25, 0.3) is 23.0 Å². The Morgan fingerprint density at radius 1 is 1.23 bits per heavy atom. The molecule has 0 atom stereocenters. The first-order valence-corrected chi connectivity index (χ1v) is 9.74. The quantitative estimate of drug-likeness (QED) is 0.485. The Morgan fingerprint density at radius 3 is 2.81 bits per heavy atom. The van der Waals surface area contributed by atoms with Crippen LogP contribution in [0, 0.1) is 6.92 Å². The molecule has 0 spiro atoms. The van der Waals surface area contributed by atoms with Gasteiger partial charge in [0.15, 0.2) is 5.69 Å². The van der Waals surface area contributed by atoms with E-state index in [4.69, 9.17) is 9.26 Å². The minimum atomic E-state index is -0.128. The average molecular weight is 417 g/mol. The maximum atomic E-state index is 12.6. The number of ether oxygens (including phenoxy) is 1. The third-order valence-electron chi connectivity index (χ3n) is 5.10. The summed E-state index contributed by atoms with van der Waals surface area (Å²) in [5.41, 5.74) is 2.58. The van der Waals surface area contributed by atoms with Gasteiger partial charge in [0, 0.05) is 25.1 Å². The lowest BCUT2D eigenvalue weighted by Crippen LogP contribution is -2.56. The molecular weight excluding hydrogens is 398 g/mol. The zero-order valence-electron chi connectivity index (χ0n) is 17.0. The number of benzene rings is 1. The van der Waals surface area contributed by atoms with Gasteiger partial charge in [-0.1, -0.05) is 17.3 Å². The second kappa shape index (κ2) is 7.63. The van der Waals surface area contributed by atoms with Gasteiger partial charge in [-0.25, -0.2) is 4.98 Å². The van der Waals surface area contributed by atoms with E-state index in [1.165, 1.54) is 0 Å². The Kier molecular flexibility index (Phi) is 4.66. The van der Waals surface area contributed by atoms with Crippen LogP contribution in [0.2, 0.25) is 0 Å². The summed E-state index contributed by atoms with van der Waals surface area (Å²) in [6.07, 6.45) is 4.59. The van der Waals surface area contributed by atoms with Crippen molar-refractivity contribution in [3.8, 4) is 28.7 Å². The summed E-state index contributed by atoms with van der Waals surface area (Å²) in [6.45, 7) is 2.88. The molecule has 1 aromatic carbocycles. The van der Waals surface area contributed by atoms with Crippen molar-refractivity contribution >= 4 is 5.91 Å². The van der Waals surface area contributed by atoms with Crippen LogP contribution in [0.4, 0.5) is 0 Å². The molecular formula is C21H19N7O3. The standard InChI is InChI=1S/C21H19N7O3/c1-13-9-16(25-27(13)2)21(29)28-11-14(12-28)30-18-6-4-3-5-15(18)20-24-19(26-31-20)17-10-22-7-8-23-17/h3-10,14H,11-12H2,1-2H3. The highest BCUT2D eigenvalue weighted by molar-refractivity contribution is 5.93. The molecule has 0 radical (unpaired) electrons. The van der Waals surface area contributed by atoms with E-state index in [-0.39, 0.29) is 12.0 Å². The second-order valence-corrected chi connectivity index (χ2v) is 7.25. The fraction of sp³-hybridized carbons (Fsp3) is 0.238. The van der Waals surface area contributed by atoms with Gasteiger partial charge in [0.1, 0.15) is 17.5 Å². The monoisotopic (exact) mass is 417 g/mol. The van der Waals surface area contributed by atoms with Crippen molar-refractivity contribution in [1.29, 1.82) is 0 Å². The van der Waals surface area contributed by atoms with Gasteiger partial charge in [0.25, 0.3) is 11.8 Å². The average Bonchev–Trinajstić information content (AvgIpc) is 3.38. The van der Waals surface area contributed by atoms with Gasteiger partial charge < -0.3 is 14.2 Å². The fourth-order valence-electron chi connectivity index (χ4n) is 3.28. The molecule has 0 N–H and O–H groups in total. The van der Waals surface area contributed by atoms with E-state index < -0.39 is 0 Å². The molecule has 0 bridgehead atoms. The van der Waals surface area contributed by atoms with Gasteiger partial charge in [-0.3, -0.25) is 14.5 Å². The van der Waals surface area contributed by atoms with Gasteiger partial charge in [0.2, 0.25) is 5.82 Å². The molecule has 10 nitrogen and oxygen atoms in total. The highest BCUT2D eigenvalue weighted by atomic mass is 16.5. The molecule has 3 aromatic heterocycles. The summed E-state index contributed by atoms with van der Waals surface area (Å²) in [6, 6.07) is 9.22. The lowest BCUT2D eigenvalue weighted by molar-refractivity contribution is 0.0174. The van der Waals surface area contributed by atoms with E-state index in [0.717, 1.165) is 5.69 Å². The Hall–Kier alpha value is -4.08. The molecule has 10 heteroatoms. The topological polar surface area (TPSA) is 112 Å². The summed E-state index contributed by atoms with van der Waals surface area (Å²) in [5.74, 6) is 1.20. The van der Waals surface area contributed by atoms with E-state index >= 15 is 0 Å². The summed E-state index contributed by atoms with van der Waals surface area (Å²) in [4.78, 5) is 26.9. The maximum Gasteiger partial charge on any atom is 0.274 e. The molecule has 4 aromatic rings. The van der Waals surface area contributed by atoms with Crippen LogP contribution >= 0.6 is 0 Å². The van der Waals surface area contributed by atoms with Crippen molar-refractivity contribution in [1.82, 2.24) is 34.8 Å². The van der Waals surface area contributed by atoms with Crippen molar-refractivity contribution in [3.05, 3.63) is 60.3 Å². The smallest absolute Gasteiger partial charge is 0.274 e. The predicted octanol–water partition coefficient (Wildman–Crippen LogP) is 2.14.